The van der Waals surface area contributed by atoms with E-state index in [-0.39, 0.29) is 0 Å². The van der Waals surface area contributed by atoms with Gasteiger partial charge in [-0.05, 0) is 0 Å². The molecule has 16 heavy (non-hydrogen) atoms. The molecule has 0 bridgehead atoms. The molecule has 0 amide bonds. The number of ether oxygens (including phenoxy) is 1. The molecule has 2 rings (SSSR count). The molecular weight excluding hydrogens is 267 g/mol. The van der Waals surface area contributed by atoms with Crippen LogP contribution in [0.25, 0.3) is 0 Å². The number of nitrogens with zero attached hydrogens (tertiary/aromatic N) is 2. The second-order valence-electron chi connectivity index (χ2n) is 3.46. The summed E-state index contributed by atoms with van der Waals surface area (Å²) in [6.45, 7) is 0. The molecule has 0 saturated heterocycles. The van der Waals surface area contributed by atoms with Crippen LogP contribution in [0.1, 0.15) is 5.56 Å². The fourth-order valence-electron chi connectivity index (χ4n) is 1.40. The molecule has 0 radical (unpaired) electrons. The molecule has 0 aliphatic rings. The Labute approximate surface area is 102 Å². The van der Waals surface area contributed by atoms with E-state index in [2.05, 4.69) is 21.7 Å². The summed E-state index contributed by atoms with van der Waals surface area (Å²) in [7, 11) is 3.73. The fourth-order valence-corrected chi connectivity index (χ4v) is 3.24. The molecule has 1 aromatic heterocycles. The quantitative estimate of drug-likeness (QED) is 0.781. The van der Waals surface area contributed by atoms with Crippen molar-refractivity contribution >= 4 is 19.7 Å². The van der Waals surface area contributed by atoms with Gasteiger partial charge in [0, 0.05) is 0 Å². The van der Waals surface area contributed by atoms with E-state index < -0.39 is 0 Å². The van der Waals surface area contributed by atoms with Crippen LogP contribution in [0.4, 0.5) is 0 Å². The maximum atomic E-state index is 5.20. The van der Waals surface area contributed by atoms with Crippen LogP contribution < -0.4 is 9.46 Å². The van der Waals surface area contributed by atoms with Crippen molar-refractivity contribution in [2.24, 2.45) is 7.05 Å². The second kappa shape index (κ2) is 5.19. The number of methoxy groups -OCH3 is 1. The van der Waals surface area contributed by atoms with Crippen LogP contribution in [0.2, 0.25) is 0 Å². The van der Waals surface area contributed by atoms with E-state index >= 15 is 0 Å². The van der Waals surface area contributed by atoms with Crippen molar-refractivity contribution in [3.05, 3.63) is 42.2 Å². The van der Waals surface area contributed by atoms with Gasteiger partial charge in [-0.1, -0.05) is 0 Å². The summed E-state index contributed by atoms with van der Waals surface area (Å²) >= 11 is 0.380. The molecule has 1 heterocycles. The van der Waals surface area contributed by atoms with Gasteiger partial charge in [-0.15, -0.1) is 0 Å². The van der Waals surface area contributed by atoms with E-state index in [1.807, 2.05) is 31.6 Å². The molecule has 0 atom stereocenters. The zero-order chi connectivity index (χ0) is 11.4. The molecule has 0 N–H and O–H groups in total. The number of hydrogen-bond acceptors (Lipinski definition) is 2. The van der Waals surface area contributed by atoms with Gasteiger partial charge in [-0.3, -0.25) is 0 Å². The Hall–Kier alpha value is -1.25. The summed E-state index contributed by atoms with van der Waals surface area (Å²) in [5, 5.41) is 1.05. The summed E-state index contributed by atoms with van der Waals surface area (Å²) in [5.74, 6) is 0.924. The zero-order valence-corrected chi connectivity index (χ0v) is 11.1. The first-order valence-electron chi connectivity index (χ1n) is 5.02. The first-order valence-corrected chi connectivity index (χ1v) is 7.09. The van der Waals surface area contributed by atoms with Crippen LogP contribution in [-0.4, -0.2) is 31.6 Å². The molecule has 0 aliphatic carbocycles. The molecule has 0 spiro atoms. The molecule has 3 nitrogen and oxygen atoms in total. The SMILES string of the molecule is COc1cccc(C[Se]c2nccn2C)c1. The predicted molar refractivity (Wildman–Crippen MR) is 65.3 cm³/mol. The molecule has 4 heteroatoms. The van der Waals surface area contributed by atoms with E-state index in [9.17, 15) is 0 Å². The fraction of sp³-hybridized carbons (Fsp3) is 0.250. The number of aryl methyl sites for hydroxylation is 1. The van der Waals surface area contributed by atoms with Crippen LogP contribution >= 0.6 is 0 Å². The van der Waals surface area contributed by atoms with Crippen LogP contribution in [-0.2, 0) is 12.4 Å². The number of hydrogen-bond donors (Lipinski definition) is 0. The summed E-state index contributed by atoms with van der Waals surface area (Å²) in [6, 6.07) is 8.22. The van der Waals surface area contributed by atoms with E-state index in [1.54, 1.807) is 7.11 Å². The maximum absolute atomic E-state index is 5.20. The first kappa shape index (κ1) is 11.2. The van der Waals surface area contributed by atoms with E-state index in [1.165, 1.54) is 10.3 Å². The average molecular weight is 281 g/mol. The summed E-state index contributed by atoms with van der Waals surface area (Å²) < 4.78 is 8.46. The van der Waals surface area contributed by atoms with Gasteiger partial charge in [0.15, 0.2) is 0 Å². The van der Waals surface area contributed by atoms with Crippen molar-refractivity contribution in [2.45, 2.75) is 5.32 Å². The normalized spacial score (nSPS) is 10.4. The average Bonchev–Trinajstić information content (AvgIpc) is 2.72. The van der Waals surface area contributed by atoms with Crippen molar-refractivity contribution in [1.82, 2.24) is 9.55 Å². The zero-order valence-electron chi connectivity index (χ0n) is 9.38. The first-order chi connectivity index (χ1) is 7.79. The van der Waals surface area contributed by atoms with E-state index in [4.69, 9.17) is 4.74 Å². The van der Waals surface area contributed by atoms with Gasteiger partial charge in [0.2, 0.25) is 0 Å². The third-order valence-electron chi connectivity index (χ3n) is 2.28. The minimum absolute atomic E-state index is 0.380. The van der Waals surface area contributed by atoms with E-state index in [0.717, 1.165) is 11.1 Å². The van der Waals surface area contributed by atoms with Crippen LogP contribution in [0.3, 0.4) is 0 Å². The molecule has 0 saturated carbocycles. The van der Waals surface area contributed by atoms with Gasteiger partial charge in [0.05, 0.1) is 0 Å². The van der Waals surface area contributed by atoms with Crippen molar-refractivity contribution in [2.75, 3.05) is 7.11 Å². The molecule has 1 aromatic carbocycles. The third kappa shape index (κ3) is 2.65. The Morgan fingerprint density at radius 3 is 3.00 bits per heavy atom. The van der Waals surface area contributed by atoms with Crippen molar-refractivity contribution in [3.8, 4) is 5.75 Å². The van der Waals surface area contributed by atoms with Gasteiger partial charge >= 0.3 is 101 Å². The molecule has 84 valence electrons. The Kier molecular flexibility index (Phi) is 3.65. The van der Waals surface area contributed by atoms with Crippen molar-refractivity contribution in [3.63, 3.8) is 0 Å². The monoisotopic (exact) mass is 282 g/mol. The van der Waals surface area contributed by atoms with Gasteiger partial charge in [-0.25, -0.2) is 0 Å². The topological polar surface area (TPSA) is 27.1 Å². The summed E-state index contributed by atoms with van der Waals surface area (Å²) in [4.78, 5) is 4.33. The molecule has 0 fully saturated rings. The standard InChI is InChI=1S/C12H14N2OSe/c1-14-7-6-13-12(14)16-9-10-4-3-5-11(8-10)15-2/h3-8H,9H2,1-2H3. The second-order valence-corrected chi connectivity index (χ2v) is 5.44. The van der Waals surface area contributed by atoms with Crippen molar-refractivity contribution < 1.29 is 4.74 Å². The Morgan fingerprint density at radius 1 is 1.44 bits per heavy atom. The number of rotatable bonds is 4. The Morgan fingerprint density at radius 2 is 2.31 bits per heavy atom. The van der Waals surface area contributed by atoms with E-state index in [0.29, 0.717) is 15.0 Å². The minimum atomic E-state index is 0.380. The van der Waals surface area contributed by atoms with Gasteiger partial charge in [-0.2, -0.15) is 0 Å². The van der Waals surface area contributed by atoms with Gasteiger partial charge in [0.25, 0.3) is 0 Å². The molecule has 0 unspecified atom stereocenters. The number of aromatic nitrogens is 2. The van der Waals surface area contributed by atoms with Gasteiger partial charge < -0.3 is 0 Å². The van der Waals surface area contributed by atoms with Crippen LogP contribution in [0.5, 0.6) is 5.75 Å². The Bertz CT molecular complexity index is 468. The van der Waals surface area contributed by atoms with Gasteiger partial charge in [0.1, 0.15) is 0 Å². The predicted octanol–water partition coefficient (Wildman–Crippen LogP) is 0.958. The molecule has 2 aromatic rings. The molecule has 0 aliphatic heterocycles. The summed E-state index contributed by atoms with van der Waals surface area (Å²) in [5.41, 5.74) is 1.31. The molecular formula is C12H14N2OSe. The van der Waals surface area contributed by atoms with Crippen molar-refractivity contribution in [1.29, 1.82) is 0 Å². The van der Waals surface area contributed by atoms with Crippen LogP contribution in [0.15, 0.2) is 36.7 Å². The number of benzene rings is 1. The summed E-state index contributed by atoms with van der Waals surface area (Å²) in [6.07, 6.45) is 3.84. The third-order valence-corrected chi connectivity index (χ3v) is 4.65. The number of imidazole rings is 1. The Balaban J connectivity index is 2.02. The van der Waals surface area contributed by atoms with Crippen LogP contribution in [0, 0.1) is 0 Å².